The Morgan fingerprint density at radius 3 is 2.47 bits per heavy atom. The van der Waals surface area contributed by atoms with Crippen LogP contribution in [-0.2, 0) is 10.1 Å². The third kappa shape index (κ3) is 4.51. The van der Waals surface area contributed by atoms with Crippen LogP contribution in [0.3, 0.4) is 0 Å². The van der Waals surface area contributed by atoms with Crippen LogP contribution in [0.5, 0.6) is 11.5 Å². The summed E-state index contributed by atoms with van der Waals surface area (Å²) in [6, 6.07) is 13.6. The maximum atomic E-state index is 12.9. The van der Waals surface area contributed by atoms with E-state index in [2.05, 4.69) is 9.72 Å². The summed E-state index contributed by atoms with van der Waals surface area (Å²) in [6.45, 7) is 1.83. The summed E-state index contributed by atoms with van der Waals surface area (Å²) >= 11 is 6.00. The minimum Gasteiger partial charge on any atom is -0.436 e. The zero-order chi connectivity index (χ0) is 23.1. The molecule has 0 spiro atoms. The summed E-state index contributed by atoms with van der Waals surface area (Å²) in [4.78, 5) is 3.57. The van der Waals surface area contributed by atoms with Gasteiger partial charge >= 0.3 is 16.5 Å². The molecular formula is C21H13ClF3NO5S. The van der Waals surface area contributed by atoms with Crippen LogP contribution in [0, 0.1) is 6.92 Å². The number of fused-ring (bicyclic) bond motifs is 1. The van der Waals surface area contributed by atoms with Gasteiger partial charge in [0.1, 0.15) is 10.4 Å². The van der Waals surface area contributed by atoms with Crippen molar-refractivity contribution < 1.29 is 34.9 Å². The van der Waals surface area contributed by atoms with Crippen LogP contribution in [0.2, 0.25) is 5.02 Å². The maximum Gasteiger partial charge on any atom is 0.573 e. The van der Waals surface area contributed by atoms with Gasteiger partial charge in [-0.3, -0.25) is 0 Å². The van der Waals surface area contributed by atoms with Crippen molar-refractivity contribution in [2.45, 2.75) is 18.2 Å². The number of nitrogens with zero attached hydrogens (tertiary/aromatic N) is 1. The number of hydrogen-bond acceptors (Lipinski definition) is 6. The molecule has 0 radical (unpaired) electrons. The molecule has 4 aromatic rings. The first-order valence-corrected chi connectivity index (χ1v) is 10.8. The zero-order valence-electron chi connectivity index (χ0n) is 16.2. The molecule has 0 atom stereocenters. The van der Waals surface area contributed by atoms with Crippen LogP contribution < -0.4 is 8.92 Å². The highest BCUT2D eigenvalue weighted by atomic mass is 35.5. The monoisotopic (exact) mass is 483 g/mol. The molecule has 1 heterocycles. The quantitative estimate of drug-likeness (QED) is 0.318. The fraction of sp³-hybridized carbons (Fsp3) is 0.0952. The molecule has 0 aliphatic heterocycles. The van der Waals surface area contributed by atoms with E-state index in [4.69, 9.17) is 20.2 Å². The summed E-state index contributed by atoms with van der Waals surface area (Å²) in [7, 11) is -4.75. The van der Waals surface area contributed by atoms with E-state index in [1.807, 2.05) is 13.0 Å². The molecule has 0 saturated heterocycles. The lowest BCUT2D eigenvalue weighted by Gasteiger charge is -2.14. The predicted octanol–water partition coefficient (Wildman–Crippen LogP) is 6.12. The fourth-order valence-electron chi connectivity index (χ4n) is 2.97. The van der Waals surface area contributed by atoms with Gasteiger partial charge in [-0.15, -0.1) is 13.2 Å². The summed E-state index contributed by atoms with van der Waals surface area (Å²) < 4.78 is 78.6. The van der Waals surface area contributed by atoms with Crippen molar-refractivity contribution in [3.05, 3.63) is 71.2 Å². The first-order valence-electron chi connectivity index (χ1n) is 8.99. The Morgan fingerprint density at radius 1 is 1.00 bits per heavy atom. The molecule has 0 aliphatic rings. The van der Waals surface area contributed by atoms with Crippen LogP contribution in [0.1, 0.15) is 5.56 Å². The predicted molar refractivity (Wildman–Crippen MR) is 110 cm³/mol. The van der Waals surface area contributed by atoms with E-state index >= 15 is 0 Å². The average molecular weight is 484 g/mol. The number of halogens is 4. The van der Waals surface area contributed by atoms with Crippen molar-refractivity contribution >= 4 is 32.8 Å². The lowest BCUT2D eigenvalue weighted by molar-refractivity contribution is -0.275. The van der Waals surface area contributed by atoms with Gasteiger partial charge in [-0.05, 0) is 42.8 Å². The molecule has 6 nitrogen and oxygen atoms in total. The van der Waals surface area contributed by atoms with Crippen LogP contribution >= 0.6 is 11.6 Å². The average Bonchev–Trinajstić information content (AvgIpc) is 3.12. The van der Waals surface area contributed by atoms with Gasteiger partial charge in [-0.1, -0.05) is 35.9 Å². The van der Waals surface area contributed by atoms with E-state index < -0.39 is 27.1 Å². The minimum atomic E-state index is -5.09. The van der Waals surface area contributed by atoms with E-state index in [-0.39, 0.29) is 22.2 Å². The lowest BCUT2D eigenvalue weighted by atomic mass is 10.2. The fourth-order valence-corrected chi connectivity index (χ4v) is 4.20. The van der Waals surface area contributed by atoms with Crippen LogP contribution in [0.25, 0.3) is 22.6 Å². The van der Waals surface area contributed by atoms with Crippen molar-refractivity contribution in [3.8, 4) is 23.0 Å². The van der Waals surface area contributed by atoms with Gasteiger partial charge < -0.3 is 13.3 Å². The van der Waals surface area contributed by atoms with Gasteiger partial charge in [-0.2, -0.15) is 8.42 Å². The molecule has 0 amide bonds. The molecule has 0 N–H and O–H groups in total. The highest BCUT2D eigenvalue weighted by Gasteiger charge is 2.35. The van der Waals surface area contributed by atoms with Gasteiger partial charge in [0.15, 0.2) is 17.1 Å². The van der Waals surface area contributed by atoms with E-state index in [9.17, 15) is 21.6 Å². The zero-order valence-corrected chi connectivity index (χ0v) is 17.8. The first kappa shape index (κ1) is 22.0. The molecular weight excluding hydrogens is 471 g/mol. The molecule has 3 aromatic carbocycles. The first-order chi connectivity index (χ1) is 15.0. The minimum absolute atomic E-state index is 0.0518. The van der Waals surface area contributed by atoms with Gasteiger partial charge in [0, 0.05) is 11.1 Å². The molecule has 32 heavy (non-hydrogen) atoms. The summed E-state index contributed by atoms with van der Waals surface area (Å²) in [6.07, 6.45) is -5.09. The highest BCUT2D eigenvalue weighted by molar-refractivity contribution is 7.87. The van der Waals surface area contributed by atoms with E-state index in [1.165, 1.54) is 30.3 Å². The third-order valence-corrected chi connectivity index (χ3v) is 5.85. The molecule has 0 fully saturated rings. The van der Waals surface area contributed by atoms with Crippen molar-refractivity contribution in [3.63, 3.8) is 0 Å². The lowest BCUT2D eigenvalue weighted by Crippen LogP contribution is -2.20. The Labute approximate surface area is 185 Å². The third-order valence-electron chi connectivity index (χ3n) is 4.34. The Hall–Kier alpha value is -3.24. The largest absolute Gasteiger partial charge is 0.573 e. The molecule has 0 unspecified atom stereocenters. The highest BCUT2D eigenvalue weighted by Crippen LogP contribution is 2.37. The Bertz CT molecular complexity index is 1420. The number of ether oxygens (including phenoxy) is 1. The molecule has 0 saturated carbocycles. The summed E-state index contributed by atoms with van der Waals surface area (Å²) in [5.74, 6) is -1.15. The maximum absolute atomic E-state index is 12.9. The molecule has 4 rings (SSSR count). The molecule has 0 bridgehead atoms. The molecule has 11 heteroatoms. The second-order valence-electron chi connectivity index (χ2n) is 6.61. The van der Waals surface area contributed by atoms with Crippen molar-refractivity contribution in [1.29, 1.82) is 0 Å². The van der Waals surface area contributed by atoms with E-state index in [0.29, 0.717) is 11.1 Å². The van der Waals surface area contributed by atoms with Crippen molar-refractivity contribution in [2.75, 3.05) is 0 Å². The van der Waals surface area contributed by atoms with Gasteiger partial charge in [0.25, 0.3) is 0 Å². The number of hydrogen-bond donors (Lipinski definition) is 0. The number of benzene rings is 3. The topological polar surface area (TPSA) is 78.6 Å². The molecule has 1 aromatic heterocycles. The van der Waals surface area contributed by atoms with E-state index in [1.54, 1.807) is 12.1 Å². The number of rotatable bonds is 5. The Kier molecular flexibility index (Phi) is 5.51. The Morgan fingerprint density at radius 2 is 1.75 bits per heavy atom. The van der Waals surface area contributed by atoms with Crippen LogP contribution in [0.15, 0.2) is 70.0 Å². The smallest absolute Gasteiger partial charge is 0.436 e. The number of alkyl halides is 3. The van der Waals surface area contributed by atoms with Crippen LogP contribution in [0.4, 0.5) is 13.2 Å². The second kappa shape index (κ2) is 8.03. The summed E-state index contributed by atoms with van der Waals surface area (Å²) in [5.41, 5.74) is 2.01. The Balaban J connectivity index is 1.79. The van der Waals surface area contributed by atoms with Crippen molar-refractivity contribution in [1.82, 2.24) is 4.98 Å². The number of oxazole rings is 1. The normalized spacial score (nSPS) is 12.2. The van der Waals surface area contributed by atoms with E-state index in [0.717, 1.165) is 17.7 Å². The summed E-state index contributed by atoms with van der Waals surface area (Å²) in [5, 5.41) is 0.131. The van der Waals surface area contributed by atoms with Crippen molar-refractivity contribution in [2.24, 2.45) is 0 Å². The second-order valence-corrected chi connectivity index (χ2v) is 8.56. The van der Waals surface area contributed by atoms with Crippen LogP contribution in [-0.4, -0.2) is 19.8 Å². The standard InChI is InChI=1S/C21H13ClF3NO5S/c1-12-5-4-7-16-19(12)26-20(29-16)14-10-9-13(22)11-17(14)31-32(27,28)18-8-3-2-6-15(18)30-21(23,24)25/h2-11H,1H3. The van der Waals surface area contributed by atoms with Gasteiger partial charge in [0.2, 0.25) is 5.89 Å². The molecule has 0 aliphatic carbocycles. The van der Waals surface area contributed by atoms with Gasteiger partial charge in [0.05, 0.1) is 5.56 Å². The number of para-hydroxylation sites is 2. The van der Waals surface area contributed by atoms with Gasteiger partial charge in [-0.25, -0.2) is 4.98 Å². The number of aryl methyl sites for hydroxylation is 1. The number of aromatic nitrogens is 1. The molecule has 166 valence electrons. The SMILES string of the molecule is Cc1cccc2oc(-c3ccc(Cl)cc3OS(=O)(=O)c3ccccc3OC(F)(F)F)nc12.